The third-order valence-electron chi connectivity index (χ3n) is 6.08. The minimum absolute atomic E-state index is 0.121. The zero-order valence-corrected chi connectivity index (χ0v) is 20.0. The molecule has 0 aliphatic carbocycles. The lowest BCUT2D eigenvalue weighted by molar-refractivity contribution is 0.0984. The molecule has 1 amide bonds. The summed E-state index contributed by atoms with van der Waals surface area (Å²) in [6.07, 6.45) is 2.10. The van der Waals surface area contributed by atoms with Crippen molar-refractivity contribution in [2.24, 2.45) is 7.05 Å². The molecule has 0 bridgehead atoms. The van der Waals surface area contributed by atoms with Gasteiger partial charge < -0.3 is 4.90 Å². The van der Waals surface area contributed by atoms with Crippen molar-refractivity contribution in [3.8, 4) is 0 Å². The second-order valence-electron chi connectivity index (χ2n) is 8.34. The minimum Gasteiger partial charge on any atom is -0.302 e. The van der Waals surface area contributed by atoms with Gasteiger partial charge in [-0.1, -0.05) is 49.7 Å². The largest absolute Gasteiger partial charge is 0.302 e. The molecule has 0 saturated carbocycles. The fourth-order valence-electron chi connectivity index (χ4n) is 4.24. The van der Waals surface area contributed by atoms with Gasteiger partial charge in [0.15, 0.2) is 0 Å². The number of nitrogens with zero attached hydrogens (tertiary/aromatic N) is 4. The molecule has 0 N–H and O–H groups in total. The fourth-order valence-corrected chi connectivity index (χ4v) is 5.85. The molecule has 0 radical (unpaired) electrons. The number of benzene rings is 2. The molecule has 1 aliphatic rings. The second-order valence-corrected chi connectivity index (χ2v) is 10.4. The molecule has 8 heteroatoms. The van der Waals surface area contributed by atoms with Crippen molar-refractivity contribution >= 4 is 21.6 Å². The molecule has 1 aromatic heterocycles. The van der Waals surface area contributed by atoms with E-state index in [2.05, 4.69) is 0 Å². The van der Waals surface area contributed by atoms with Gasteiger partial charge in [0.05, 0.1) is 18.0 Å². The molecule has 0 atom stereocenters. The first-order valence-corrected chi connectivity index (χ1v) is 12.9. The van der Waals surface area contributed by atoms with Crippen molar-refractivity contribution < 1.29 is 13.2 Å². The van der Waals surface area contributed by atoms with E-state index in [0.29, 0.717) is 31.5 Å². The summed E-state index contributed by atoms with van der Waals surface area (Å²) in [6.45, 7) is 3.02. The standard InChI is InChI=1S/C25H30N4O3S/c1-3-4-17-33(31,32)28-16-15-24-22(18-28)23(26-27(24)2)19-29(21-13-9-6-10-14-21)25(30)20-11-7-5-8-12-20/h5-14H,3-4,15-19H2,1-2H3. The van der Waals surface area contributed by atoms with E-state index in [-0.39, 0.29) is 18.2 Å². The third-order valence-corrected chi connectivity index (χ3v) is 7.98. The first kappa shape index (κ1) is 23.2. The Labute approximate surface area is 195 Å². The summed E-state index contributed by atoms with van der Waals surface area (Å²) in [5.74, 6) is 0.0429. The molecule has 0 unspecified atom stereocenters. The molecular weight excluding hydrogens is 436 g/mol. The number of rotatable bonds is 8. The van der Waals surface area contributed by atoms with Crippen LogP contribution in [0.5, 0.6) is 0 Å². The number of hydrogen-bond acceptors (Lipinski definition) is 4. The molecule has 2 aromatic carbocycles. The van der Waals surface area contributed by atoms with Gasteiger partial charge in [-0.15, -0.1) is 0 Å². The number of aryl methyl sites for hydroxylation is 1. The quantitative estimate of drug-likeness (QED) is 0.507. The summed E-state index contributed by atoms with van der Waals surface area (Å²) in [4.78, 5) is 15.2. The maximum absolute atomic E-state index is 13.5. The predicted octanol–water partition coefficient (Wildman–Crippen LogP) is 3.76. The topological polar surface area (TPSA) is 75.5 Å². The number of fused-ring (bicyclic) bond motifs is 1. The van der Waals surface area contributed by atoms with E-state index >= 15 is 0 Å². The smallest absolute Gasteiger partial charge is 0.258 e. The zero-order chi connectivity index (χ0) is 23.4. The average molecular weight is 467 g/mol. The van der Waals surface area contributed by atoms with Crippen LogP contribution in [0.25, 0.3) is 0 Å². The van der Waals surface area contributed by atoms with Gasteiger partial charge in [0.1, 0.15) is 0 Å². The Morgan fingerprint density at radius 1 is 1.06 bits per heavy atom. The van der Waals surface area contributed by atoms with E-state index in [4.69, 9.17) is 5.10 Å². The molecule has 1 aliphatic heterocycles. The number of carbonyl (C=O) groups is 1. The molecule has 0 spiro atoms. The molecule has 0 fully saturated rings. The van der Waals surface area contributed by atoms with Gasteiger partial charge >= 0.3 is 0 Å². The minimum atomic E-state index is -3.32. The van der Waals surface area contributed by atoms with Crippen LogP contribution in [0.1, 0.15) is 47.1 Å². The number of unbranched alkanes of at least 4 members (excludes halogenated alkanes) is 1. The van der Waals surface area contributed by atoms with Crippen LogP contribution in [0.2, 0.25) is 0 Å². The van der Waals surface area contributed by atoms with Crippen molar-refractivity contribution in [2.75, 3.05) is 17.2 Å². The summed E-state index contributed by atoms with van der Waals surface area (Å²) in [6, 6.07) is 18.7. The van der Waals surface area contributed by atoms with Gasteiger partial charge in [-0.2, -0.15) is 9.40 Å². The first-order valence-electron chi connectivity index (χ1n) is 11.3. The van der Waals surface area contributed by atoms with Gasteiger partial charge in [0.25, 0.3) is 5.91 Å². The van der Waals surface area contributed by atoms with Crippen LogP contribution < -0.4 is 4.90 Å². The number of aromatic nitrogens is 2. The fraction of sp³-hybridized carbons (Fsp3) is 0.360. The summed E-state index contributed by atoms with van der Waals surface area (Å²) >= 11 is 0. The van der Waals surface area contributed by atoms with Gasteiger partial charge in [-0.05, 0) is 30.7 Å². The maximum atomic E-state index is 13.5. The normalized spacial score (nSPS) is 14.1. The molecule has 0 saturated heterocycles. The molecule has 7 nitrogen and oxygen atoms in total. The SMILES string of the molecule is CCCCS(=O)(=O)N1CCc2c(c(CN(C(=O)c3ccccc3)c3ccccc3)nn2C)C1. The number of anilines is 1. The Balaban J connectivity index is 1.67. The number of hydrogen-bond donors (Lipinski definition) is 0. The van der Waals surface area contributed by atoms with E-state index in [9.17, 15) is 13.2 Å². The highest BCUT2D eigenvalue weighted by Gasteiger charge is 2.31. The van der Waals surface area contributed by atoms with Gasteiger partial charge in [0.2, 0.25) is 10.0 Å². The monoisotopic (exact) mass is 466 g/mol. The molecule has 33 heavy (non-hydrogen) atoms. The average Bonchev–Trinajstić information content (AvgIpc) is 3.16. The Hall–Kier alpha value is -2.97. The van der Waals surface area contributed by atoms with Crippen molar-refractivity contribution in [1.29, 1.82) is 0 Å². The summed E-state index contributed by atoms with van der Waals surface area (Å²) in [5, 5.41) is 4.71. The zero-order valence-electron chi connectivity index (χ0n) is 19.1. The van der Waals surface area contributed by atoms with E-state index in [1.807, 2.05) is 67.2 Å². The van der Waals surface area contributed by atoms with Crippen LogP contribution >= 0.6 is 0 Å². The lowest BCUT2D eigenvalue weighted by atomic mass is 10.1. The van der Waals surface area contributed by atoms with E-state index in [1.54, 1.807) is 21.3 Å². The van der Waals surface area contributed by atoms with Gasteiger partial charge in [0, 0.05) is 49.1 Å². The predicted molar refractivity (Wildman–Crippen MR) is 129 cm³/mol. The van der Waals surface area contributed by atoms with Crippen molar-refractivity contribution in [3.63, 3.8) is 0 Å². The highest BCUT2D eigenvalue weighted by Crippen LogP contribution is 2.27. The van der Waals surface area contributed by atoms with E-state index in [0.717, 1.165) is 29.1 Å². The van der Waals surface area contributed by atoms with Gasteiger partial charge in [-0.25, -0.2) is 8.42 Å². The van der Waals surface area contributed by atoms with E-state index < -0.39 is 10.0 Å². The van der Waals surface area contributed by atoms with Crippen LogP contribution in [-0.2, 0) is 36.6 Å². The first-order chi connectivity index (χ1) is 15.9. The number of sulfonamides is 1. The highest BCUT2D eigenvalue weighted by molar-refractivity contribution is 7.89. The lowest BCUT2D eigenvalue weighted by Gasteiger charge is -2.28. The number of amides is 1. The Morgan fingerprint density at radius 2 is 1.73 bits per heavy atom. The molecular formula is C25H30N4O3S. The van der Waals surface area contributed by atoms with Crippen LogP contribution in [0.3, 0.4) is 0 Å². The molecule has 2 heterocycles. The second kappa shape index (κ2) is 9.89. The van der Waals surface area contributed by atoms with Crippen LogP contribution in [0, 0.1) is 0 Å². The highest BCUT2D eigenvalue weighted by atomic mass is 32.2. The number of carbonyl (C=O) groups excluding carboxylic acids is 1. The van der Waals surface area contributed by atoms with E-state index in [1.165, 1.54) is 0 Å². The summed E-state index contributed by atoms with van der Waals surface area (Å²) in [5.41, 5.74) is 4.04. The van der Waals surface area contributed by atoms with Crippen LogP contribution in [-0.4, -0.2) is 40.7 Å². The summed E-state index contributed by atoms with van der Waals surface area (Å²) in [7, 11) is -1.44. The van der Waals surface area contributed by atoms with Crippen LogP contribution in [0.15, 0.2) is 60.7 Å². The Bertz CT molecular complexity index is 1210. The molecule has 174 valence electrons. The Kier molecular flexibility index (Phi) is 6.95. The third kappa shape index (κ3) is 5.02. The van der Waals surface area contributed by atoms with Gasteiger partial charge in [-0.3, -0.25) is 9.48 Å². The molecule has 3 aromatic rings. The summed E-state index contributed by atoms with van der Waals surface area (Å²) < 4.78 is 29.1. The van der Waals surface area contributed by atoms with Crippen molar-refractivity contribution in [1.82, 2.24) is 14.1 Å². The van der Waals surface area contributed by atoms with Crippen molar-refractivity contribution in [2.45, 2.75) is 39.3 Å². The Morgan fingerprint density at radius 3 is 2.39 bits per heavy atom. The lowest BCUT2D eigenvalue weighted by Crippen LogP contribution is -2.38. The number of para-hydroxylation sites is 1. The maximum Gasteiger partial charge on any atom is 0.258 e. The van der Waals surface area contributed by atoms with Crippen molar-refractivity contribution in [3.05, 3.63) is 83.2 Å². The molecule has 4 rings (SSSR count). The van der Waals surface area contributed by atoms with Crippen LogP contribution in [0.4, 0.5) is 5.69 Å².